The van der Waals surface area contributed by atoms with Gasteiger partial charge in [0.1, 0.15) is 5.76 Å². The zero-order valence-electron chi connectivity index (χ0n) is 18.5. The van der Waals surface area contributed by atoms with E-state index in [1.807, 2.05) is 0 Å². The van der Waals surface area contributed by atoms with Crippen LogP contribution in [0, 0.1) is 10.1 Å². The van der Waals surface area contributed by atoms with Gasteiger partial charge in [-0.05, 0) is 48.5 Å². The maximum atomic E-state index is 12.7. The topological polar surface area (TPSA) is 136 Å². The zero-order chi connectivity index (χ0) is 25.2. The molecule has 3 aromatic carbocycles. The molecule has 0 aliphatic carbocycles. The zero-order valence-corrected chi connectivity index (χ0v) is 18.5. The molecule has 0 aliphatic rings. The fraction of sp³-hybridized carbons (Fsp3) is 0. The Morgan fingerprint density at radius 2 is 1.58 bits per heavy atom. The van der Waals surface area contributed by atoms with Gasteiger partial charge in [-0.2, -0.15) is 0 Å². The standard InChI is InChI=1S/C27H17N3O6/c31-26(25-14-13-24(36-25)17-7-11-19(12-8-17)30(34)35)28-18-9-5-16(6-10-18)23-15-21(27(32)33)20-3-1-2-4-22(20)29-23/h1-15H,(H,28,31)(H,32,33). The van der Waals surface area contributed by atoms with Crippen LogP contribution in [0.4, 0.5) is 11.4 Å². The fourth-order valence-electron chi connectivity index (χ4n) is 3.78. The number of amides is 1. The number of rotatable bonds is 6. The first-order chi connectivity index (χ1) is 17.4. The lowest BCUT2D eigenvalue weighted by molar-refractivity contribution is -0.384. The summed E-state index contributed by atoms with van der Waals surface area (Å²) in [4.78, 5) is 39.3. The highest BCUT2D eigenvalue weighted by molar-refractivity contribution is 6.04. The normalized spacial score (nSPS) is 10.8. The molecular weight excluding hydrogens is 462 g/mol. The Kier molecular flexibility index (Phi) is 5.71. The minimum absolute atomic E-state index is 0.0372. The maximum Gasteiger partial charge on any atom is 0.336 e. The number of pyridine rings is 1. The first-order valence-corrected chi connectivity index (χ1v) is 10.8. The SMILES string of the molecule is O=C(Nc1ccc(-c2cc(C(=O)O)c3ccccc3n2)cc1)c1ccc(-c2ccc([N+](=O)[O-])cc2)o1. The van der Waals surface area contributed by atoms with Gasteiger partial charge in [-0.1, -0.05) is 30.3 Å². The van der Waals surface area contributed by atoms with E-state index in [2.05, 4.69) is 10.3 Å². The first-order valence-electron chi connectivity index (χ1n) is 10.8. The molecule has 0 bridgehead atoms. The summed E-state index contributed by atoms with van der Waals surface area (Å²) in [6.07, 6.45) is 0. The van der Waals surface area contributed by atoms with Crippen molar-refractivity contribution in [2.45, 2.75) is 0 Å². The Labute approximate surface area is 203 Å². The molecule has 0 fully saturated rings. The number of furan rings is 1. The van der Waals surface area contributed by atoms with Crippen LogP contribution in [-0.2, 0) is 0 Å². The van der Waals surface area contributed by atoms with E-state index in [0.717, 1.165) is 0 Å². The number of carbonyl (C=O) groups is 2. The predicted molar refractivity (Wildman–Crippen MR) is 133 cm³/mol. The number of hydrogen-bond donors (Lipinski definition) is 2. The molecule has 1 amide bonds. The molecule has 2 N–H and O–H groups in total. The van der Waals surface area contributed by atoms with Gasteiger partial charge in [0.25, 0.3) is 11.6 Å². The van der Waals surface area contributed by atoms with E-state index in [-0.39, 0.29) is 17.0 Å². The third-order valence-electron chi connectivity index (χ3n) is 5.58. The van der Waals surface area contributed by atoms with Crippen molar-refractivity contribution in [1.82, 2.24) is 4.98 Å². The lowest BCUT2D eigenvalue weighted by Crippen LogP contribution is -2.10. The molecule has 0 spiro atoms. The second-order valence-electron chi connectivity index (χ2n) is 7.88. The minimum Gasteiger partial charge on any atom is -0.478 e. The highest BCUT2D eigenvalue weighted by Crippen LogP contribution is 2.27. The number of fused-ring (bicyclic) bond motifs is 1. The maximum absolute atomic E-state index is 12.7. The van der Waals surface area contributed by atoms with Crippen LogP contribution in [0.25, 0.3) is 33.5 Å². The van der Waals surface area contributed by atoms with Gasteiger partial charge in [-0.15, -0.1) is 0 Å². The highest BCUT2D eigenvalue weighted by atomic mass is 16.6. The van der Waals surface area contributed by atoms with Gasteiger partial charge in [0.05, 0.1) is 21.7 Å². The van der Waals surface area contributed by atoms with Crippen molar-refractivity contribution in [3.8, 4) is 22.6 Å². The molecule has 0 aliphatic heterocycles. The summed E-state index contributed by atoms with van der Waals surface area (Å²) < 4.78 is 5.63. The number of non-ortho nitro benzene ring substituents is 1. The number of nitro groups is 1. The monoisotopic (exact) mass is 479 g/mol. The van der Waals surface area contributed by atoms with Crippen LogP contribution >= 0.6 is 0 Å². The number of nitrogens with one attached hydrogen (secondary N) is 1. The second kappa shape index (κ2) is 9.15. The number of benzene rings is 3. The number of aromatic nitrogens is 1. The molecule has 9 nitrogen and oxygen atoms in total. The quantitative estimate of drug-likeness (QED) is 0.224. The molecule has 2 heterocycles. The number of aromatic carboxylic acids is 1. The minimum atomic E-state index is -1.04. The van der Waals surface area contributed by atoms with E-state index in [4.69, 9.17) is 4.42 Å². The number of nitrogens with zero attached hydrogens (tertiary/aromatic N) is 2. The summed E-state index contributed by atoms with van der Waals surface area (Å²) >= 11 is 0. The van der Waals surface area contributed by atoms with Gasteiger partial charge < -0.3 is 14.8 Å². The number of hydrogen-bond acceptors (Lipinski definition) is 6. The van der Waals surface area contributed by atoms with Crippen molar-refractivity contribution in [2.75, 3.05) is 5.32 Å². The Bertz CT molecular complexity index is 1620. The number of carboxylic acids is 1. The first kappa shape index (κ1) is 22.5. The van der Waals surface area contributed by atoms with Crippen LogP contribution in [0.1, 0.15) is 20.9 Å². The molecule has 176 valence electrons. The van der Waals surface area contributed by atoms with Gasteiger partial charge in [-0.3, -0.25) is 14.9 Å². The van der Waals surface area contributed by atoms with Gasteiger partial charge in [0.2, 0.25) is 0 Å². The lowest BCUT2D eigenvalue weighted by Gasteiger charge is -2.08. The molecule has 0 saturated carbocycles. The largest absolute Gasteiger partial charge is 0.478 e. The van der Waals surface area contributed by atoms with Crippen molar-refractivity contribution in [3.05, 3.63) is 112 Å². The summed E-state index contributed by atoms with van der Waals surface area (Å²) in [5.74, 6) is -1.02. The van der Waals surface area contributed by atoms with Crippen molar-refractivity contribution in [1.29, 1.82) is 0 Å². The number of para-hydroxylation sites is 1. The molecular formula is C27H17N3O6. The van der Waals surface area contributed by atoms with E-state index in [9.17, 15) is 24.8 Å². The van der Waals surface area contributed by atoms with Crippen molar-refractivity contribution < 1.29 is 24.0 Å². The van der Waals surface area contributed by atoms with E-state index < -0.39 is 16.8 Å². The third kappa shape index (κ3) is 4.40. The smallest absolute Gasteiger partial charge is 0.336 e. The molecule has 5 rings (SSSR count). The van der Waals surface area contributed by atoms with E-state index in [1.54, 1.807) is 66.7 Å². The van der Waals surface area contributed by atoms with Crippen molar-refractivity contribution in [2.24, 2.45) is 0 Å². The molecule has 0 saturated heterocycles. The Balaban J connectivity index is 1.33. The number of carboxylic acid groups (broad SMARTS) is 1. The third-order valence-corrected chi connectivity index (χ3v) is 5.58. The molecule has 2 aromatic heterocycles. The van der Waals surface area contributed by atoms with Crippen molar-refractivity contribution in [3.63, 3.8) is 0 Å². The van der Waals surface area contributed by atoms with Gasteiger partial charge in [-0.25, -0.2) is 9.78 Å². The Hall–Kier alpha value is -5.31. The number of carbonyl (C=O) groups excluding carboxylic acids is 1. The molecule has 5 aromatic rings. The molecule has 0 atom stereocenters. The highest BCUT2D eigenvalue weighted by Gasteiger charge is 2.15. The molecule has 9 heteroatoms. The summed E-state index contributed by atoms with van der Waals surface area (Å²) in [5.41, 5.74) is 3.01. The number of nitro benzene ring substituents is 1. The van der Waals surface area contributed by atoms with Crippen LogP contribution < -0.4 is 5.32 Å². The molecule has 0 unspecified atom stereocenters. The van der Waals surface area contributed by atoms with Crippen LogP contribution in [0.5, 0.6) is 0 Å². The van der Waals surface area contributed by atoms with E-state index >= 15 is 0 Å². The van der Waals surface area contributed by atoms with Gasteiger partial charge in [0.15, 0.2) is 5.76 Å². The van der Waals surface area contributed by atoms with Crippen LogP contribution in [-0.4, -0.2) is 26.9 Å². The fourth-order valence-corrected chi connectivity index (χ4v) is 3.78. The second-order valence-corrected chi connectivity index (χ2v) is 7.88. The van der Waals surface area contributed by atoms with Crippen LogP contribution in [0.2, 0.25) is 0 Å². The summed E-state index contributed by atoms with van der Waals surface area (Å²) in [6.45, 7) is 0. The van der Waals surface area contributed by atoms with E-state index in [0.29, 0.717) is 39.2 Å². The average Bonchev–Trinajstić information content (AvgIpc) is 3.39. The van der Waals surface area contributed by atoms with Crippen molar-refractivity contribution >= 4 is 34.2 Å². The lowest BCUT2D eigenvalue weighted by atomic mass is 10.0. The van der Waals surface area contributed by atoms with E-state index in [1.165, 1.54) is 24.3 Å². The molecule has 0 radical (unpaired) electrons. The summed E-state index contributed by atoms with van der Waals surface area (Å²) in [7, 11) is 0. The van der Waals surface area contributed by atoms with Gasteiger partial charge in [0, 0.05) is 34.3 Å². The summed E-state index contributed by atoms with van der Waals surface area (Å²) in [6, 6.07) is 24.4. The average molecular weight is 479 g/mol. The predicted octanol–water partition coefficient (Wildman–Crippen LogP) is 6.02. The van der Waals surface area contributed by atoms with Crippen LogP contribution in [0.15, 0.2) is 95.4 Å². The molecule has 36 heavy (non-hydrogen) atoms. The Morgan fingerprint density at radius 1 is 0.889 bits per heavy atom. The Morgan fingerprint density at radius 3 is 2.28 bits per heavy atom. The number of anilines is 1. The van der Waals surface area contributed by atoms with Crippen LogP contribution in [0.3, 0.4) is 0 Å². The van der Waals surface area contributed by atoms with Gasteiger partial charge >= 0.3 is 5.97 Å². The summed E-state index contributed by atoms with van der Waals surface area (Å²) in [5, 5.41) is 23.7.